The number of hydrazine groups is 1. The van der Waals surface area contributed by atoms with Crippen molar-refractivity contribution >= 4 is 23.6 Å². The fourth-order valence-electron chi connectivity index (χ4n) is 11.2. The first-order valence-corrected chi connectivity index (χ1v) is 15.9. The van der Waals surface area contributed by atoms with E-state index < -0.39 is 10.8 Å². The number of allylic oxidation sites excluding steroid dienone is 2. The molecule has 3 fully saturated rings. The summed E-state index contributed by atoms with van der Waals surface area (Å²) < 4.78 is 11.0. The average Bonchev–Trinajstić information content (AvgIpc) is 3.40. The van der Waals surface area contributed by atoms with E-state index in [4.69, 9.17) is 9.26 Å². The zero-order chi connectivity index (χ0) is 31.3. The molecule has 0 saturated heterocycles. The molecular weight excluding hydrogens is 546 g/mol. The number of nitrogens with zero attached hydrogens (tertiary/aromatic N) is 1. The molecule has 0 aromatic carbocycles. The maximum atomic E-state index is 14.6. The van der Waals surface area contributed by atoms with Gasteiger partial charge in [0, 0.05) is 18.4 Å². The van der Waals surface area contributed by atoms with E-state index in [2.05, 4.69) is 50.6 Å². The van der Waals surface area contributed by atoms with Crippen molar-refractivity contribution in [2.45, 2.75) is 98.8 Å². The van der Waals surface area contributed by atoms with Gasteiger partial charge in [-0.15, -0.1) is 0 Å². The highest BCUT2D eigenvalue weighted by atomic mass is 16.5. The molecule has 0 radical (unpaired) electrons. The number of ketones is 1. The van der Waals surface area contributed by atoms with Gasteiger partial charge in [-0.2, -0.15) is 0 Å². The molecule has 9 heteroatoms. The van der Waals surface area contributed by atoms with Crippen molar-refractivity contribution in [2.75, 3.05) is 7.11 Å². The molecule has 3 saturated carbocycles. The van der Waals surface area contributed by atoms with Crippen LogP contribution in [0.15, 0.2) is 22.4 Å². The first-order valence-electron chi connectivity index (χ1n) is 15.9. The summed E-state index contributed by atoms with van der Waals surface area (Å²) in [5.41, 5.74) is 4.85. The van der Waals surface area contributed by atoms with E-state index in [1.807, 2.05) is 13.0 Å². The highest BCUT2D eigenvalue weighted by Crippen LogP contribution is 2.73. The van der Waals surface area contributed by atoms with Crippen molar-refractivity contribution in [1.29, 1.82) is 0 Å². The van der Waals surface area contributed by atoms with Gasteiger partial charge >= 0.3 is 5.97 Å². The van der Waals surface area contributed by atoms with Gasteiger partial charge < -0.3 is 9.26 Å². The summed E-state index contributed by atoms with van der Waals surface area (Å²) in [6, 6.07) is 0. The molecule has 5 aliphatic rings. The Morgan fingerprint density at radius 2 is 1.72 bits per heavy atom. The minimum Gasteiger partial charge on any atom is -0.469 e. The van der Waals surface area contributed by atoms with Gasteiger partial charge in [0.25, 0.3) is 5.91 Å². The molecule has 9 nitrogen and oxygen atoms in total. The largest absolute Gasteiger partial charge is 0.469 e. The van der Waals surface area contributed by atoms with E-state index >= 15 is 0 Å². The maximum absolute atomic E-state index is 14.6. The van der Waals surface area contributed by atoms with Crippen LogP contribution < -0.4 is 10.9 Å². The third kappa shape index (κ3) is 3.98. The van der Waals surface area contributed by atoms with E-state index in [1.165, 1.54) is 14.0 Å². The summed E-state index contributed by atoms with van der Waals surface area (Å²) in [5.74, 6) is -0.422. The fraction of sp³-hybridized carbons (Fsp3) is 0.735. The first kappa shape index (κ1) is 30.1. The predicted octanol–water partition coefficient (Wildman–Crippen LogP) is 4.85. The number of hydrogen-bond acceptors (Lipinski definition) is 7. The van der Waals surface area contributed by atoms with Crippen LogP contribution in [0, 0.1) is 51.2 Å². The van der Waals surface area contributed by atoms with Gasteiger partial charge in [-0.1, -0.05) is 45.3 Å². The standard InChI is InChI=1S/C34H47N3O6/c1-18(38)36-37-29(41)34(7)24-10-12-32(5)25(31(24,4)14-19-17-35-43-27(19)34)13-23(39)26-21-15-30(2,3)16-22(28(40)42-8)20(21)9-11-33(26,32)6/h13,17,20-22,24,26H,9-12,14-16H2,1-8H3,(H,36,38)(H,37,41)/t20?,21-,22-,24-,26+,31+,32-,33-,34+/m1/s1. The van der Waals surface area contributed by atoms with Crippen molar-refractivity contribution in [1.82, 2.24) is 16.0 Å². The zero-order valence-electron chi connectivity index (χ0n) is 26.9. The van der Waals surface area contributed by atoms with Gasteiger partial charge in [0.15, 0.2) is 11.5 Å². The smallest absolute Gasteiger partial charge is 0.308 e. The Morgan fingerprint density at radius 3 is 2.40 bits per heavy atom. The molecule has 9 atom stereocenters. The molecule has 2 amide bonds. The van der Waals surface area contributed by atoms with E-state index in [0.717, 1.165) is 49.7 Å². The van der Waals surface area contributed by atoms with Crippen LogP contribution in [0.3, 0.4) is 0 Å². The first-order chi connectivity index (χ1) is 20.0. The molecular formula is C34H47N3O6. The van der Waals surface area contributed by atoms with Crippen LogP contribution >= 0.6 is 0 Å². The van der Waals surface area contributed by atoms with Crippen LogP contribution in [0.1, 0.15) is 98.3 Å². The van der Waals surface area contributed by atoms with Crippen LogP contribution in [0.2, 0.25) is 0 Å². The lowest BCUT2D eigenvalue weighted by Crippen LogP contribution is -2.66. The SMILES string of the molecule is COC(=O)[C@@H]1CC(C)(C)C[C@@H]2C1CC[C@]1(C)[C@@H]2C(=O)C=C2[C@@]3(C)Cc4cnoc4[C@@](C)(C(=O)NNC(C)=O)[C@@H]3CC[C@]21C. The summed E-state index contributed by atoms with van der Waals surface area (Å²) in [5, 5.41) is 4.10. The van der Waals surface area contributed by atoms with Crippen molar-refractivity contribution in [3.8, 4) is 0 Å². The van der Waals surface area contributed by atoms with Crippen LogP contribution in [0.5, 0.6) is 0 Å². The van der Waals surface area contributed by atoms with Crippen LogP contribution in [0.4, 0.5) is 0 Å². The topological polar surface area (TPSA) is 128 Å². The van der Waals surface area contributed by atoms with Crippen LogP contribution in [-0.4, -0.2) is 35.8 Å². The minimum atomic E-state index is -1.09. The van der Waals surface area contributed by atoms with E-state index in [0.29, 0.717) is 12.2 Å². The Bertz CT molecular complexity index is 1430. The van der Waals surface area contributed by atoms with Crippen molar-refractivity contribution in [2.24, 2.45) is 51.2 Å². The lowest BCUT2D eigenvalue weighted by atomic mass is 9.35. The molecule has 43 heavy (non-hydrogen) atoms. The molecule has 6 rings (SSSR count). The zero-order valence-corrected chi connectivity index (χ0v) is 26.9. The predicted molar refractivity (Wildman–Crippen MR) is 158 cm³/mol. The normalized spacial score (nSPS) is 42.6. The molecule has 1 aromatic rings. The number of nitrogens with one attached hydrogen (secondary N) is 2. The Balaban J connectivity index is 1.45. The molecule has 1 heterocycles. The number of esters is 1. The van der Waals surface area contributed by atoms with Gasteiger partial charge in [0.05, 0.1) is 19.2 Å². The molecule has 0 spiro atoms. The molecule has 0 aliphatic heterocycles. The molecule has 1 unspecified atom stereocenters. The lowest BCUT2D eigenvalue weighted by Gasteiger charge is -2.68. The summed E-state index contributed by atoms with van der Waals surface area (Å²) in [6.45, 7) is 14.6. The van der Waals surface area contributed by atoms with Crippen LogP contribution in [0.25, 0.3) is 0 Å². The molecule has 234 valence electrons. The number of hydrogen-bond donors (Lipinski definition) is 2. The molecule has 5 aliphatic carbocycles. The third-order valence-corrected chi connectivity index (χ3v) is 13.2. The average molecular weight is 594 g/mol. The van der Waals surface area contributed by atoms with Gasteiger partial charge in [-0.3, -0.25) is 30.0 Å². The number of rotatable bonds is 2. The highest BCUT2D eigenvalue weighted by molar-refractivity contribution is 5.96. The molecule has 0 bridgehead atoms. The Hall–Kier alpha value is -2.97. The minimum absolute atomic E-state index is 0.0653. The van der Waals surface area contributed by atoms with Gasteiger partial charge in [0.2, 0.25) is 5.91 Å². The lowest BCUT2D eigenvalue weighted by molar-refractivity contribution is -0.173. The number of amides is 2. The second-order valence-electron chi connectivity index (χ2n) is 16.0. The maximum Gasteiger partial charge on any atom is 0.308 e. The van der Waals surface area contributed by atoms with Crippen molar-refractivity contribution in [3.05, 3.63) is 29.2 Å². The van der Waals surface area contributed by atoms with Gasteiger partial charge in [-0.25, -0.2) is 0 Å². The number of carbonyl (C=O) groups is 4. The van der Waals surface area contributed by atoms with E-state index in [9.17, 15) is 19.2 Å². The summed E-state index contributed by atoms with van der Waals surface area (Å²) in [4.78, 5) is 53.2. The molecule has 1 aromatic heterocycles. The van der Waals surface area contributed by atoms with Crippen molar-refractivity contribution < 1.29 is 28.4 Å². The second kappa shape index (κ2) is 9.51. The van der Waals surface area contributed by atoms with Gasteiger partial charge in [0.1, 0.15) is 5.41 Å². The number of carbonyl (C=O) groups excluding carboxylic acids is 4. The number of aromatic nitrogens is 1. The number of ether oxygens (including phenoxy) is 1. The quantitative estimate of drug-likeness (QED) is 0.371. The second-order valence-corrected chi connectivity index (χ2v) is 16.0. The number of methoxy groups -OCH3 is 1. The van der Waals surface area contributed by atoms with Crippen molar-refractivity contribution in [3.63, 3.8) is 0 Å². The van der Waals surface area contributed by atoms with E-state index in [-0.39, 0.29) is 69.4 Å². The summed E-state index contributed by atoms with van der Waals surface area (Å²) in [7, 11) is 1.47. The summed E-state index contributed by atoms with van der Waals surface area (Å²) in [6.07, 6.45) is 9.33. The third-order valence-electron chi connectivity index (χ3n) is 13.2. The highest BCUT2D eigenvalue weighted by Gasteiger charge is 2.70. The molecule has 2 N–H and O–H groups in total. The van der Waals surface area contributed by atoms with Gasteiger partial charge in [-0.05, 0) is 97.4 Å². The Kier molecular flexibility index (Phi) is 6.65. The summed E-state index contributed by atoms with van der Waals surface area (Å²) >= 11 is 0. The van der Waals surface area contributed by atoms with E-state index in [1.54, 1.807) is 6.20 Å². The monoisotopic (exact) mass is 593 g/mol. The fourth-order valence-corrected chi connectivity index (χ4v) is 11.2. The van der Waals surface area contributed by atoms with Crippen LogP contribution in [-0.2, 0) is 35.8 Å². The Morgan fingerprint density at radius 1 is 1.00 bits per heavy atom. The Labute approximate surface area is 254 Å². The number of fused-ring (bicyclic) bond motifs is 8.